The van der Waals surface area contributed by atoms with Crippen LogP contribution in [0, 0.1) is 0 Å². The minimum atomic E-state index is 0. The zero-order valence-electron chi connectivity index (χ0n) is 8.52. The van der Waals surface area contributed by atoms with Crippen molar-refractivity contribution in [2.24, 2.45) is 0 Å². The topological polar surface area (TPSA) is 25.4 Å². The van der Waals surface area contributed by atoms with Gasteiger partial charge in [0.2, 0.25) is 0 Å². The van der Waals surface area contributed by atoms with Crippen LogP contribution < -0.4 is 0 Å². The van der Waals surface area contributed by atoms with Crippen molar-refractivity contribution in [1.29, 1.82) is 0 Å². The Labute approximate surface area is 104 Å². The van der Waals surface area contributed by atoms with E-state index in [9.17, 15) is 0 Å². The molecule has 0 amide bonds. The quantitative estimate of drug-likeness (QED) is 0.743. The van der Waals surface area contributed by atoms with Gasteiger partial charge < -0.3 is 9.64 Å². The molecule has 0 N–H and O–H groups in total. The Balaban J connectivity index is 0.00000112. The van der Waals surface area contributed by atoms with E-state index in [-0.39, 0.29) is 18.5 Å². The number of hydrogen-bond acceptors (Lipinski definition) is 3. The highest BCUT2D eigenvalue weighted by atomic mass is 79.9. The summed E-state index contributed by atoms with van der Waals surface area (Å²) in [6.07, 6.45) is 0.117. The Hall–Kier alpha value is -0.160. The monoisotopic (exact) mass is 292 g/mol. The van der Waals surface area contributed by atoms with Crippen LogP contribution >= 0.6 is 28.3 Å². The lowest BCUT2D eigenvalue weighted by molar-refractivity contribution is -0.0231. The van der Waals surface area contributed by atoms with Gasteiger partial charge in [0.1, 0.15) is 10.7 Å². The summed E-state index contributed by atoms with van der Waals surface area (Å²) in [4.78, 5) is 6.66. The van der Waals surface area contributed by atoms with Gasteiger partial charge in [0.15, 0.2) is 0 Å². The molecule has 84 valence electrons. The van der Waals surface area contributed by atoms with E-state index in [1.165, 1.54) is 0 Å². The smallest absolute Gasteiger partial charge is 0.112 e. The third-order valence-corrected chi connectivity index (χ3v) is 2.78. The number of nitrogens with zero attached hydrogens (tertiary/aromatic N) is 2. The first-order chi connectivity index (χ1) is 6.75. The number of aromatic nitrogens is 1. The van der Waals surface area contributed by atoms with Crippen LogP contribution in [0.25, 0.3) is 0 Å². The molecule has 1 aliphatic rings. The van der Waals surface area contributed by atoms with Crippen molar-refractivity contribution >= 4 is 28.3 Å². The molecular weight excluding hydrogens is 279 g/mol. The van der Waals surface area contributed by atoms with Crippen LogP contribution in [0.15, 0.2) is 22.8 Å². The Morgan fingerprint density at radius 1 is 1.53 bits per heavy atom. The maximum absolute atomic E-state index is 5.66. The van der Waals surface area contributed by atoms with E-state index in [1.807, 2.05) is 18.2 Å². The van der Waals surface area contributed by atoms with Crippen LogP contribution in [0.1, 0.15) is 11.8 Å². The van der Waals surface area contributed by atoms with Gasteiger partial charge in [0.25, 0.3) is 0 Å². The Morgan fingerprint density at radius 2 is 2.33 bits per heavy atom. The molecule has 3 nitrogen and oxygen atoms in total. The third kappa shape index (κ3) is 3.41. The van der Waals surface area contributed by atoms with E-state index in [4.69, 9.17) is 4.74 Å². The van der Waals surface area contributed by atoms with Crippen molar-refractivity contribution in [3.05, 3.63) is 28.5 Å². The van der Waals surface area contributed by atoms with Crippen molar-refractivity contribution < 1.29 is 4.74 Å². The maximum Gasteiger partial charge on any atom is 0.112 e. The van der Waals surface area contributed by atoms with Crippen molar-refractivity contribution in [2.75, 3.05) is 26.7 Å². The number of hydrogen-bond donors (Lipinski definition) is 0. The molecule has 0 aliphatic carbocycles. The lowest BCUT2D eigenvalue weighted by Gasteiger charge is -2.29. The fraction of sp³-hybridized carbons (Fsp3) is 0.500. The molecule has 0 aromatic carbocycles. The van der Waals surface area contributed by atoms with Crippen molar-refractivity contribution in [3.8, 4) is 0 Å². The van der Waals surface area contributed by atoms with Crippen molar-refractivity contribution in [3.63, 3.8) is 0 Å². The van der Waals surface area contributed by atoms with Crippen LogP contribution in [-0.2, 0) is 4.74 Å². The summed E-state index contributed by atoms with van der Waals surface area (Å²) in [5.41, 5.74) is 1.01. The first-order valence-corrected chi connectivity index (χ1v) is 5.47. The van der Waals surface area contributed by atoms with Crippen molar-refractivity contribution in [1.82, 2.24) is 9.88 Å². The van der Waals surface area contributed by atoms with Crippen molar-refractivity contribution in [2.45, 2.75) is 6.10 Å². The van der Waals surface area contributed by atoms with E-state index >= 15 is 0 Å². The highest BCUT2D eigenvalue weighted by Gasteiger charge is 2.20. The van der Waals surface area contributed by atoms with E-state index in [0.717, 1.165) is 30.0 Å². The summed E-state index contributed by atoms with van der Waals surface area (Å²) in [7, 11) is 2.10. The number of morpholine rings is 1. The molecule has 15 heavy (non-hydrogen) atoms. The molecule has 5 heteroatoms. The summed E-state index contributed by atoms with van der Waals surface area (Å²) in [5.74, 6) is 0. The number of pyridine rings is 1. The first kappa shape index (κ1) is 12.9. The van der Waals surface area contributed by atoms with E-state index in [0.29, 0.717) is 0 Å². The van der Waals surface area contributed by atoms with Gasteiger partial charge in [-0.2, -0.15) is 0 Å². The average Bonchev–Trinajstić information content (AvgIpc) is 2.18. The van der Waals surface area contributed by atoms with Gasteiger partial charge in [0, 0.05) is 13.1 Å². The average molecular weight is 294 g/mol. The van der Waals surface area contributed by atoms with E-state index in [2.05, 4.69) is 32.9 Å². The zero-order valence-corrected chi connectivity index (χ0v) is 10.9. The SMILES string of the molecule is CN1CCOC(c2cccc(Br)n2)C1.Cl. The second-order valence-corrected chi connectivity index (χ2v) is 4.32. The Bertz CT molecular complexity index is 324. The molecule has 1 unspecified atom stereocenters. The number of halogens is 2. The first-order valence-electron chi connectivity index (χ1n) is 4.68. The molecule has 1 fully saturated rings. The van der Waals surface area contributed by atoms with Gasteiger partial charge in [0.05, 0.1) is 12.3 Å². The standard InChI is InChI=1S/C10H13BrN2O.ClH/c1-13-5-6-14-9(7-13)8-3-2-4-10(11)12-8;/h2-4,9H,5-7H2,1H3;1H. The Morgan fingerprint density at radius 3 is 3.00 bits per heavy atom. The third-order valence-electron chi connectivity index (χ3n) is 2.34. The number of rotatable bonds is 1. The molecule has 2 rings (SSSR count). The van der Waals surface area contributed by atoms with E-state index < -0.39 is 0 Å². The minimum absolute atomic E-state index is 0. The second-order valence-electron chi connectivity index (χ2n) is 3.51. The molecule has 1 aromatic heterocycles. The highest BCUT2D eigenvalue weighted by Crippen LogP contribution is 2.20. The molecule has 1 aromatic rings. The molecule has 0 spiro atoms. The molecule has 1 saturated heterocycles. The molecule has 1 aliphatic heterocycles. The summed E-state index contributed by atoms with van der Waals surface area (Å²) >= 11 is 3.36. The number of likely N-dealkylation sites (N-methyl/N-ethyl adjacent to an activating group) is 1. The molecule has 0 radical (unpaired) electrons. The summed E-state index contributed by atoms with van der Waals surface area (Å²) in [5, 5.41) is 0. The van der Waals surface area contributed by atoms with E-state index in [1.54, 1.807) is 0 Å². The van der Waals surface area contributed by atoms with Gasteiger partial charge in [-0.15, -0.1) is 12.4 Å². The Kier molecular flexibility index (Phi) is 4.99. The predicted octanol–water partition coefficient (Wildman–Crippen LogP) is 2.27. The van der Waals surface area contributed by atoms with Crippen LogP contribution in [0.3, 0.4) is 0 Å². The summed E-state index contributed by atoms with van der Waals surface area (Å²) in [6, 6.07) is 5.93. The van der Waals surface area contributed by atoms with Crippen LogP contribution in [0.2, 0.25) is 0 Å². The fourth-order valence-corrected chi connectivity index (χ4v) is 1.92. The van der Waals surface area contributed by atoms with Gasteiger partial charge in [-0.3, -0.25) is 0 Å². The van der Waals surface area contributed by atoms with Gasteiger partial charge in [-0.05, 0) is 35.1 Å². The normalized spacial score (nSPS) is 22.1. The van der Waals surface area contributed by atoms with Gasteiger partial charge in [-0.25, -0.2) is 4.98 Å². The fourth-order valence-electron chi connectivity index (χ4n) is 1.56. The lowest BCUT2D eigenvalue weighted by atomic mass is 10.2. The predicted molar refractivity (Wildman–Crippen MR) is 65.4 cm³/mol. The van der Waals surface area contributed by atoms with Gasteiger partial charge in [-0.1, -0.05) is 6.07 Å². The largest absolute Gasteiger partial charge is 0.369 e. The minimum Gasteiger partial charge on any atom is -0.369 e. The van der Waals surface area contributed by atoms with Crippen LogP contribution in [0.5, 0.6) is 0 Å². The molecule has 1 atom stereocenters. The molecule has 2 heterocycles. The zero-order chi connectivity index (χ0) is 9.97. The molecule has 0 bridgehead atoms. The maximum atomic E-state index is 5.66. The lowest BCUT2D eigenvalue weighted by Crippen LogP contribution is -2.35. The number of ether oxygens (including phenoxy) is 1. The summed E-state index contributed by atoms with van der Waals surface area (Å²) < 4.78 is 6.53. The van der Waals surface area contributed by atoms with Crippen LogP contribution in [-0.4, -0.2) is 36.6 Å². The van der Waals surface area contributed by atoms with Crippen LogP contribution in [0.4, 0.5) is 0 Å². The molecular formula is C10H14BrClN2O. The van der Waals surface area contributed by atoms with Gasteiger partial charge >= 0.3 is 0 Å². The second kappa shape index (κ2) is 5.80. The summed E-state index contributed by atoms with van der Waals surface area (Å²) in [6.45, 7) is 2.71. The highest BCUT2D eigenvalue weighted by molar-refractivity contribution is 9.10. The molecule has 0 saturated carbocycles.